The predicted molar refractivity (Wildman–Crippen MR) is 88.5 cm³/mol. The molecule has 0 aliphatic heterocycles. The Kier molecular flexibility index (Phi) is 5.78. The molecular formula is C16H17FN2O6S. The molecule has 0 saturated carbocycles. The van der Waals surface area contributed by atoms with Gasteiger partial charge < -0.3 is 14.4 Å². The maximum absolute atomic E-state index is 13.0. The average Bonchev–Trinajstić information content (AvgIpc) is 2.98. The van der Waals surface area contributed by atoms with E-state index >= 15 is 0 Å². The van der Waals surface area contributed by atoms with Crippen LogP contribution in [0.25, 0.3) is 0 Å². The standard InChI is InChI=1S/C16H17FN2O6S/c1-10-13(7-15(25-10)26(23,24)18-2)16(22)19(9-14(20)21)8-11-3-5-12(17)6-4-11/h3-7,18H,8-9H2,1-2H3,(H,20,21). The van der Waals surface area contributed by atoms with Crippen LogP contribution in [0, 0.1) is 12.7 Å². The van der Waals surface area contributed by atoms with Crippen LogP contribution in [-0.4, -0.2) is 43.9 Å². The number of hydrogen-bond acceptors (Lipinski definition) is 5. The van der Waals surface area contributed by atoms with Gasteiger partial charge in [-0.15, -0.1) is 0 Å². The average molecular weight is 384 g/mol. The van der Waals surface area contributed by atoms with Gasteiger partial charge in [0, 0.05) is 12.6 Å². The first-order valence-electron chi connectivity index (χ1n) is 7.43. The van der Waals surface area contributed by atoms with Crippen LogP contribution < -0.4 is 4.72 Å². The van der Waals surface area contributed by atoms with Crippen molar-refractivity contribution >= 4 is 21.9 Å². The number of carboxylic acids is 1. The number of halogens is 1. The summed E-state index contributed by atoms with van der Waals surface area (Å²) in [6.07, 6.45) is 0. The number of nitrogens with zero attached hydrogens (tertiary/aromatic N) is 1. The third-order valence-electron chi connectivity index (χ3n) is 3.56. The zero-order valence-electron chi connectivity index (χ0n) is 14.0. The number of carbonyl (C=O) groups is 2. The first-order chi connectivity index (χ1) is 12.1. The molecule has 0 bridgehead atoms. The predicted octanol–water partition coefficient (Wildman–Crippen LogP) is 1.36. The lowest BCUT2D eigenvalue weighted by molar-refractivity contribution is -0.137. The Hall–Kier alpha value is -2.72. The Morgan fingerprint density at radius 1 is 1.27 bits per heavy atom. The molecule has 2 aromatic rings. The van der Waals surface area contributed by atoms with E-state index in [1.807, 2.05) is 0 Å². The summed E-state index contributed by atoms with van der Waals surface area (Å²) < 4.78 is 43.8. The van der Waals surface area contributed by atoms with Crippen LogP contribution in [0.5, 0.6) is 0 Å². The van der Waals surface area contributed by atoms with Crippen molar-refractivity contribution in [2.75, 3.05) is 13.6 Å². The molecule has 0 aliphatic carbocycles. The fourth-order valence-electron chi connectivity index (χ4n) is 2.24. The molecule has 8 nitrogen and oxygen atoms in total. The Morgan fingerprint density at radius 2 is 1.88 bits per heavy atom. The number of amides is 1. The monoisotopic (exact) mass is 384 g/mol. The fourth-order valence-corrected chi connectivity index (χ4v) is 2.95. The van der Waals surface area contributed by atoms with E-state index in [1.165, 1.54) is 38.2 Å². The third-order valence-corrected chi connectivity index (χ3v) is 4.83. The van der Waals surface area contributed by atoms with Crippen molar-refractivity contribution < 1.29 is 31.9 Å². The second kappa shape index (κ2) is 7.67. The molecule has 1 amide bonds. The van der Waals surface area contributed by atoms with Crippen LogP contribution in [0.2, 0.25) is 0 Å². The first-order valence-corrected chi connectivity index (χ1v) is 8.92. The molecule has 10 heteroatoms. The highest BCUT2D eigenvalue weighted by molar-refractivity contribution is 7.89. The molecule has 26 heavy (non-hydrogen) atoms. The highest BCUT2D eigenvalue weighted by Gasteiger charge is 2.26. The van der Waals surface area contributed by atoms with Crippen molar-refractivity contribution in [3.8, 4) is 0 Å². The molecule has 0 radical (unpaired) electrons. The number of carbonyl (C=O) groups excluding carboxylic acids is 1. The molecule has 0 unspecified atom stereocenters. The minimum Gasteiger partial charge on any atom is -0.480 e. The fraction of sp³-hybridized carbons (Fsp3) is 0.250. The molecule has 0 atom stereocenters. The number of rotatable bonds is 7. The summed E-state index contributed by atoms with van der Waals surface area (Å²) in [7, 11) is -2.70. The van der Waals surface area contributed by atoms with E-state index in [1.54, 1.807) is 0 Å². The smallest absolute Gasteiger partial charge is 0.323 e. The van der Waals surface area contributed by atoms with Crippen molar-refractivity contribution in [2.45, 2.75) is 18.6 Å². The Labute approximate surface area is 149 Å². The van der Waals surface area contributed by atoms with Gasteiger partial charge in [-0.25, -0.2) is 17.5 Å². The van der Waals surface area contributed by atoms with Gasteiger partial charge in [0.15, 0.2) is 0 Å². The summed E-state index contributed by atoms with van der Waals surface area (Å²) in [5.74, 6) is -2.38. The maximum atomic E-state index is 13.0. The molecule has 0 saturated heterocycles. The summed E-state index contributed by atoms with van der Waals surface area (Å²) >= 11 is 0. The highest BCUT2D eigenvalue weighted by atomic mass is 32.2. The molecule has 1 aromatic heterocycles. The van der Waals surface area contributed by atoms with Crippen LogP contribution in [0.1, 0.15) is 21.7 Å². The van der Waals surface area contributed by atoms with Crippen molar-refractivity contribution in [1.29, 1.82) is 0 Å². The topological polar surface area (TPSA) is 117 Å². The first kappa shape index (κ1) is 19.6. The summed E-state index contributed by atoms with van der Waals surface area (Å²) in [5.41, 5.74) is 0.451. The van der Waals surface area contributed by atoms with Crippen LogP contribution in [0.3, 0.4) is 0 Å². The van der Waals surface area contributed by atoms with E-state index in [-0.39, 0.29) is 17.9 Å². The van der Waals surface area contributed by atoms with E-state index in [9.17, 15) is 22.4 Å². The second-order valence-corrected chi connectivity index (χ2v) is 7.24. The Bertz CT molecular complexity index is 921. The lowest BCUT2D eigenvalue weighted by atomic mass is 10.1. The van der Waals surface area contributed by atoms with Crippen LogP contribution >= 0.6 is 0 Å². The SMILES string of the molecule is CNS(=O)(=O)c1cc(C(=O)N(CC(=O)O)Cc2ccc(F)cc2)c(C)o1. The zero-order chi connectivity index (χ0) is 19.5. The van der Waals surface area contributed by atoms with Crippen molar-refractivity contribution in [1.82, 2.24) is 9.62 Å². The lowest BCUT2D eigenvalue weighted by Gasteiger charge is -2.20. The molecule has 1 aromatic carbocycles. The third kappa shape index (κ3) is 4.46. The summed E-state index contributed by atoms with van der Waals surface area (Å²) in [4.78, 5) is 24.8. The minimum absolute atomic E-state index is 0.0401. The number of benzene rings is 1. The lowest BCUT2D eigenvalue weighted by Crippen LogP contribution is -2.35. The highest BCUT2D eigenvalue weighted by Crippen LogP contribution is 2.21. The van der Waals surface area contributed by atoms with E-state index in [0.29, 0.717) is 5.56 Å². The second-order valence-electron chi connectivity index (χ2n) is 5.42. The molecule has 1 heterocycles. The number of sulfonamides is 1. The summed E-state index contributed by atoms with van der Waals surface area (Å²) in [5, 5.41) is 8.61. The largest absolute Gasteiger partial charge is 0.480 e. The quantitative estimate of drug-likeness (QED) is 0.744. The normalized spacial score (nSPS) is 11.3. The van der Waals surface area contributed by atoms with Gasteiger partial charge in [0.1, 0.15) is 18.1 Å². The van der Waals surface area contributed by atoms with Gasteiger partial charge in [0.25, 0.3) is 15.9 Å². The number of furan rings is 1. The number of aliphatic carboxylic acids is 1. The molecule has 140 valence electrons. The van der Waals surface area contributed by atoms with Crippen LogP contribution in [0.4, 0.5) is 4.39 Å². The van der Waals surface area contributed by atoms with Crippen molar-refractivity contribution in [3.05, 3.63) is 53.0 Å². The van der Waals surface area contributed by atoms with Gasteiger partial charge in [0.2, 0.25) is 5.09 Å². The van der Waals surface area contributed by atoms with Gasteiger partial charge in [-0.1, -0.05) is 12.1 Å². The molecule has 0 spiro atoms. The number of carboxylic acid groups (broad SMARTS) is 1. The van der Waals surface area contributed by atoms with Crippen molar-refractivity contribution in [3.63, 3.8) is 0 Å². The van der Waals surface area contributed by atoms with Crippen LogP contribution in [-0.2, 0) is 21.4 Å². The molecule has 2 N–H and O–H groups in total. The number of hydrogen-bond donors (Lipinski definition) is 2. The maximum Gasteiger partial charge on any atom is 0.323 e. The molecule has 0 aliphatic rings. The molecule has 0 fully saturated rings. The van der Waals surface area contributed by atoms with E-state index < -0.39 is 39.4 Å². The van der Waals surface area contributed by atoms with Crippen molar-refractivity contribution in [2.24, 2.45) is 0 Å². The van der Waals surface area contributed by atoms with E-state index in [2.05, 4.69) is 4.72 Å². The zero-order valence-corrected chi connectivity index (χ0v) is 14.8. The van der Waals surface area contributed by atoms with E-state index in [0.717, 1.165) is 11.0 Å². The minimum atomic E-state index is -3.89. The van der Waals surface area contributed by atoms with Gasteiger partial charge in [-0.05, 0) is 31.7 Å². The Morgan fingerprint density at radius 3 is 2.42 bits per heavy atom. The van der Waals surface area contributed by atoms with Gasteiger partial charge in [-0.2, -0.15) is 0 Å². The van der Waals surface area contributed by atoms with Crippen LogP contribution in [0.15, 0.2) is 39.8 Å². The Balaban J connectivity index is 2.34. The molecular weight excluding hydrogens is 367 g/mol. The molecule has 2 rings (SSSR count). The van der Waals surface area contributed by atoms with E-state index in [4.69, 9.17) is 9.52 Å². The van der Waals surface area contributed by atoms with Gasteiger partial charge in [0.05, 0.1) is 5.56 Å². The summed E-state index contributed by atoms with van der Waals surface area (Å²) in [6, 6.07) is 6.29. The number of nitrogens with one attached hydrogen (secondary N) is 1. The van der Waals surface area contributed by atoms with Gasteiger partial charge >= 0.3 is 5.97 Å². The number of aryl methyl sites for hydroxylation is 1. The van der Waals surface area contributed by atoms with Gasteiger partial charge in [-0.3, -0.25) is 9.59 Å². The summed E-state index contributed by atoms with van der Waals surface area (Å²) in [6.45, 7) is 0.692.